The number of hydrogen-bond acceptors (Lipinski definition) is 2. The second-order valence-corrected chi connectivity index (χ2v) is 4.64. The molecular formula is C14H24N2. The van der Waals surface area contributed by atoms with Crippen LogP contribution in [-0.2, 0) is 0 Å². The predicted octanol–water partition coefficient (Wildman–Crippen LogP) is 2.44. The minimum absolute atomic E-state index is 0.425. The zero-order chi connectivity index (χ0) is 12.0. The molecule has 1 aromatic rings. The first kappa shape index (κ1) is 13.2. The maximum atomic E-state index is 3.44. The molecule has 2 atom stereocenters. The maximum Gasteiger partial charge on any atom is 0.0360 e. The summed E-state index contributed by atoms with van der Waals surface area (Å²) in [6, 6.07) is 11.1. The lowest BCUT2D eigenvalue weighted by molar-refractivity contribution is 0.284. The number of rotatable bonds is 6. The Morgan fingerprint density at radius 1 is 1.06 bits per heavy atom. The van der Waals surface area contributed by atoms with Crippen LogP contribution in [0.5, 0.6) is 0 Å². The van der Waals surface area contributed by atoms with Crippen molar-refractivity contribution in [2.75, 3.05) is 20.6 Å². The third-order valence-corrected chi connectivity index (χ3v) is 3.19. The fourth-order valence-electron chi connectivity index (χ4n) is 2.26. The van der Waals surface area contributed by atoms with Gasteiger partial charge in [-0.3, -0.25) is 0 Å². The van der Waals surface area contributed by atoms with Gasteiger partial charge in [0.1, 0.15) is 0 Å². The van der Waals surface area contributed by atoms with Gasteiger partial charge in [-0.1, -0.05) is 44.2 Å². The van der Waals surface area contributed by atoms with Crippen LogP contribution in [0.4, 0.5) is 0 Å². The van der Waals surface area contributed by atoms with Crippen LogP contribution >= 0.6 is 0 Å². The molecule has 0 saturated carbocycles. The van der Waals surface area contributed by atoms with Crippen LogP contribution in [0.15, 0.2) is 30.3 Å². The molecule has 2 nitrogen and oxygen atoms in total. The number of hydrogen-bond donors (Lipinski definition) is 2. The topological polar surface area (TPSA) is 24.1 Å². The van der Waals surface area contributed by atoms with Crippen molar-refractivity contribution in [3.05, 3.63) is 35.9 Å². The summed E-state index contributed by atoms with van der Waals surface area (Å²) in [7, 11) is 4.07. The Morgan fingerprint density at radius 2 is 1.69 bits per heavy atom. The highest BCUT2D eigenvalue weighted by Gasteiger charge is 2.23. The van der Waals surface area contributed by atoms with Crippen LogP contribution in [0.1, 0.15) is 25.5 Å². The van der Waals surface area contributed by atoms with Gasteiger partial charge in [-0.05, 0) is 38.0 Å². The molecule has 0 spiro atoms. The molecule has 0 saturated heterocycles. The fourth-order valence-corrected chi connectivity index (χ4v) is 2.26. The molecule has 0 aromatic heterocycles. The SMILES string of the molecule is CNCC(C(C)C)C(NC)c1ccccc1. The first-order valence-electron chi connectivity index (χ1n) is 6.07. The summed E-state index contributed by atoms with van der Waals surface area (Å²) >= 11 is 0. The van der Waals surface area contributed by atoms with Crippen molar-refractivity contribution in [2.45, 2.75) is 19.9 Å². The lowest BCUT2D eigenvalue weighted by atomic mass is 9.84. The van der Waals surface area contributed by atoms with E-state index in [-0.39, 0.29) is 0 Å². The largest absolute Gasteiger partial charge is 0.319 e. The Bertz CT molecular complexity index is 282. The van der Waals surface area contributed by atoms with Crippen molar-refractivity contribution in [2.24, 2.45) is 11.8 Å². The molecule has 16 heavy (non-hydrogen) atoms. The summed E-state index contributed by atoms with van der Waals surface area (Å²) in [5.74, 6) is 1.27. The highest BCUT2D eigenvalue weighted by Crippen LogP contribution is 2.27. The minimum atomic E-state index is 0.425. The van der Waals surface area contributed by atoms with Crippen molar-refractivity contribution in [1.29, 1.82) is 0 Å². The molecule has 0 aliphatic rings. The van der Waals surface area contributed by atoms with Crippen LogP contribution in [0.2, 0.25) is 0 Å². The van der Waals surface area contributed by atoms with Crippen molar-refractivity contribution in [3.63, 3.8) is 0 Å². The van der Waals surface area contributed by atoms with Crippen LogP contribution < -0.4 is 10.6 Å². The van der Waals surface area contributed by atoms with E-state index in [0.717, 1.165) is 6.54 Å². The molecular weight excluding hydrogens is 196 g/mol. The summed E-state index contributed by atoms with van der Waals surface area (Å²) in [5, 5.41) is 6.74. The van der Waals surface area contributed by atoms with Gasteiger partial charge < -0.3 is 10.6 Å². The van der Waals surface area contributed by atoms with Gasteiger partial charge in [0, 0.05) is 6.04 Å². The lowest BCUT2D eigenvalue weighted by Gasteiger charge is -2.30. The van der Waals surface area contributed by atoms with Gasteiger partial charge in [-0.25, -0.2) is 0 Å². The second kappa shape index (κ2) is 6.66. The van der Waals surface area contributed by atoms with Crippen LogP contribution in [0.3, 0.4) is 0 Å². The number of benzene rings is 1. The van der Waals surface area contributed by atoms with E-state index in [1.165, 1.54) is 5.56 Å². The molecule has 2 heteroatoms. The smallest absolute Gasteiger partial charge is 0.0360 e. The second-order valence-electron chi connectivity index (χ2n) is 4.64. The molecule has 0 bridgehead atoms. The van der Waals surface area contributed by atoms with E-state index in [9.17, 15) is 0 Å². The normalized spacial score (nSPS) is 15.1. The molecule has 0 fully saturated rings. The summed E-state index contributed by atoms with van der Waals surface area (Å²) in [5.41, 5.74) is 1.37. The number of nitrogens with one attached hydrogen (secondary N) is 2. The fraction of sp³-hybridized carbons (Fsp3) is 0.571. The Balaban J connectivity index is 2.86. The first-order valence-corrected chi connectivity index (χ1v) is 6.07. The monoisotopic (exact) mass is 220 g/mol. The van der Waals surface area contributed by atoms with E-state index >= 15 is 0 Å². The maximum absolute atomic E-state index is 3.44. The highest BCUT2D eigenvalue weighted by atomic mass is 14.9. The zero-order valence-electron chi connectivity index (χ0n) is 10.8. The third kappa shape index (κ3) is 3.32. The molecule has 90 valence electrons. The summed E-state index contributed by atoms with van der Waals surface area (Å²) < 4.78 is 0. The molecule has 0 radical (unpaired) electrons. The van der Waals surface area contributed by atoms with Crippen LogP contribution in [-0.4, -0.2) is 20.6 Å². The van der Waals surface area contributed by atoms with E-state index in [1.54, 1.807) is 0 Å². The van der Waals surface area contributed by atoms with Gasteiger partial charge in [0.15, 0.2) is 0 Å². The average Bonchev–Trinajstić information content (AvgIpc) is 2.30. The van der Waals surface area contributed by atoms with Crippen LogP contribution in [0.25, 0.3) is 0 Å². The molecule has 0 aliphatic heterocycles. The molecule has 0 amide bonds. The van der Waals surface area contributed by atoms with Crippen LogP contribution in [0, 0.1) is 11.8 Å². The van der Waals surface area contributed by atoms with Gasteiger partial charge in [-0.15, -0.1) is 0 Å². The summed E-state index contributed by atoms with van der Waals surface area (Å²) in [6.07, 6.45) is 0. The van der Waals surface area contributed by atoms with E-state index in [1.807, 2.05) is 14.1 Å². The molecule has 0 aliphatic carbocycles. The van der Waals surface area contributed by atoms with E-state index in [4.69, 9.17) is 0 Å². The Labute approximate surface area is 99.5 Å². The predicted molar refractivity (Wildman–Crippen MR) is 70.5 cm³/mol. The van der Waals surface area contributed by atoms with Gasteiger partial charge in [0.05, 0.1) is 0 Å². The van der Waals surface area contributed by atoms with Crippen molar-refractivity contribution in [3.8, 4) is 0 Å². The first-order chi connectivity index (χ1) is 7.70. The standard InChI is InChI=1S/C14H24N2/c1-11(2)13(10-15-3)14(16-4)12-8-6-5-7-9-12/h5-9,11,13-16H,10H2,1-4H3. The van der Waals surface area contributed by atoms with E-state index in [2.05, 4.69) is 54.8 Å². The zero-order valence-corrected chi connectivity index (χ0v) is 10.8. The Kier molecular flexibility index (Phi) is 5.50. The molecule has 1 aromatic carbocycles. The minimum Gasteiger partial charge on any atom is -0.319 e. The third-order valence-electron chi connectivity index (χ3n) is 3.19. The molecule has 2 N–H and O–H groups in total. The average molecular weight is 220 g/mol. The van der Waals surface area contributed by atoms with Crippen molar-refractivity contribution in [1.82, 2.24) is 10.6 Å². The highest BCUT2D eigenvalue weighted by molar-refractivity contribution is 5.19. The van der Waals surface area contributed by atoms with Crippen molar-refractivity contribution >= 4 is 0 Å². The quantitative estimate of drug-likeness (QED) is 0.769. The summed E-state index contributed by atoms with van der Waals surface area (Å²) in [6.45, 7) is 5.61. The Morgan fingerprint density at radius 3 is 2.12 bits per heavy atom. The summed E-state index contributed by atoms with van der Waals surface area (Å²) in [4.78, 5) is 0. The lowest BCUT2D eigenvalue weighted by Crippen LogP contribution is -2.35. The van der Waals surface area contributed by atoms with Gasteiger partial charge in [-0.2, -0.15) is 0 Å². The molecule has 2 unspecified atom stereocenters. The van der Waals surface area contributed by atoms with Gasteiger partial charge in [0.2, 0.25) is 0 Å². The van der Waals surface area contributed by atoms with E-state index in [0.29, 0.717) is 17.9 Å². The van der Waals surface area contributed by atoms with E-state index < -0.39 is 0 Å². The molecule has 0 heterocycles. The van der Waals surface area contributed by atoms with Gasteiger partial charge >= 0.3 is 0 Å². The van der Waals surface area contributed by atoms with Crippen molar-refractivity contribution < 1.29 is 0 Å². The Hall–Kier alpha value is -0.860. The molecule has 1 rings (SSSR count). The van der Waals surface area contributed by atoms with Gasteiger partial charge in [0.25, 0.3) is 0 Å².